The minimum Gasteiger partial charge on any atom is -0.460 e. The van der Waals surface area contributed by atoms with E-state index in [1.54, 1.807) is 38.3 Å². The maximum atomic E-state index is 13.6. The van der Waals surface area contributed by atoms with Gasteiger partial charge in [-0.15, -0.1) is 11.3 Å². The van der Waals surface area contributed by atoms with Crippen LogP contribution in [0.15, 0.2) is 34.6 Å². The van der Waals surface area contributed by atoms with Gasteiger partial charge >= 0.3 is 5.97 Å². The van der Waals surface area contributed by atoms with E-state index in [0.717, 1.165) is 23.9 Å². The van der Waals surface area contributed by atoms with Crippen molar-refractivity contribution in [1.82, 2.24) is 15.5 Å². The molecule has 15 heteroatoms. The van der Waals surface area contributed by atoms with Crippen molar-refractivity contribution in [1.29, 1.82) is 0 Å². The predicted molar refractivity (Wildman–Crippen MR) is 168 cm³/mol. The van der Waals surface area contributed by atoms with Crippen molar-refractivity contribution >= 4 is 75.3 Å². The number of halogens is 2. The van der Waals surface area contributed by atoms with Crippen LogP contribution >= 0.6 is 35.3 Å². The third kappa shape index (κ3) is 9.92. The van der Waals surface area contributed by atoms with Crippen LogP contribution in [0.25, 0.3) is 17.2 Å². The lowest BCUT2D eigenvalue weighted by Gasteiger charge is -2.22. The fourth-order valence-corrected chi connectivity index (χ4v) is 6.13. The Morgan fingerprint density at radius 2 is 1.80 bits per heavy atom. The maximum Gasteiger partial charge on any atom is 0.306 e. The highest BCUT2D eigenvalue weighted by atomic mass is 32.2. The number of hydrogen-bond donors (Lipinski definition) is 3. The average Bonchev–Trinajstić information content (AvgIpc) is 3.49. The molecule has 236 valence electrons. The largest absolute Gasteiger partial charge is 0.460 e. The molecule has 2 atom stereocenters. The Morgan fingerprint density at radius 3 is 2.43 bits per heavy atom. The van der Waals surface area contributed by atoms with Crippen LogP contribution in [0, 0.1) is 11.6 Å². The van der Waals surface area contributed by atoms with Crippen LogP contribution in [0.3, 0.4) is 0 Å². The predicted octanol–water partition coefficient (Wildman–Crippen LogP) is 3.88. The Balaban J connectivity index is 1.51. The molecule has 0 saturated carbocycles. The molecule has 1 aromatic carbocycles. The molecule has 1 aromatic heterocycles. The van der Waals surface area contributed by atoms with Crippen LogP contribution in [0.5, 0.6) is 0 Å². The van der Waals surface area contributed by atoms with Gasteiger partial charge in [-0.1, -0.05) is 30.0 Å². The molecule has 10 nitrogen and oxygen atoms in total. The number of hydrogen-bond acceptors (Lipinski definition) is 9. The monoisotopic (exact) mass is 666 g/mol. The van der Waals surface area contributed by atoms with Crippen LogP contribution in [-0.2, 0) is 28.7 Å². The van der Waals surface area contributed by atoms with E-state index in [9.17, 15) is 32.8 Å². The molecule has 1 aliphatic heterocycles. The number of ether oxygens (including phenoxy) is 1. The molecule has 4 N–H and O–H groups in total. The molecule has 1 aliphatic rings. The van der Waals surface area contributed by atoms with Gasteiger partial charge in [0.25, 0.3) is 5.91 Å². The van der Waals surface area contributed by atoms with Crippen molar-refractivity contribution in [2.45, 2.75) is 64.6 Å². The van der Waals surface area contributed by atoms with Gasteiger partial charge < -0.3 is 21.1 Å². The molecule has 1 saturated heterocycles. The van der Waals surface area contributed by atoms with Crippen LogP contribution in [-0.4, -0.2) is 63.0 Å². The van der Waals surface area contributed by atoms with Gasteiger partial charge in [0.15, 0.2) is 11.6 Å². The zero-order chi connectivity index (χ0) is 32.8. The topological polar surface area (TPSA) is 148 Å². The minimum absolute atomic E-state index is 0.0352. The Hall–Kier alpha value is -3.69. The second-order valence-electron chi connectivity index (χ2n) is 10.8. The zero-order valence-electron chi connectivity index (χ0n) is 24.4. The number of rotatable bonds is 12. The summed E-state index contributed by atoms with van der Waals surface area (Å²) in [6.45, 7) is 6.48. The van der Waals surface area contributed by atoms with Gasteiger partial charge in [-0.05, 0) is 74.9 Å². The van der Waals surface area contributed by atoms with Gasteiger partial charge in [-0.3, -0.25) is 28.9 Å². The quantitative estimate of drug-likeness (QED) is 0.176. The normalized spacial score (nSPS) is 15.7. The minimum atomic E-state index is -1.15. The lowest BCUT2D eigenvalue weighted by molar-refractivity contribution is -0.155. The first-order valence-corrected chi connectivity index (χ1v) is 15.5. The number of nitrogens with two attached hydrogens (primary N) is 1. The fourth-order valence-electron chi connectivity index (χ4n) is 3.91. The van der Waals surface area contributed by atoms with E-state index < -0.39 is 58.9 Å². The summed E-state index contributed by atoms with van der Waals surface area (Å²) in [5.74, 6) is -4.90. The van der Waals surface area contributed by atoms with E-state index in [-0.39, 0.29) is 30.1 Å². The number of carbonyl (C=O) groups is 5. The van der Waals surface area contributed by atoms with Gasteiger partial charge in [0.05, 0.1) is 4.91 Å². The van der Waals surface area contributed by atoms with Crippen LogP contribution in [0.1, 0.15) is 51.8 Å². The lowest BCUT2D eigenvalue weighted by atomic mass is 10.1. The van der Waals surface area contributed by atoms with Gasteiger partial charge in [-0.2, -0.15) is 0 Å². The second kappa shape index (κ2) is 14.9. The number of esters is 1. The number of thiophene rings is 1. The van der Waals surface area contributed by atoms with Gasteiger partial charge in [0, 0.05) is 24.3 Å². The molecule has 1 fully saturated rings. The summed E-state index contributed by atoms with van der Waals surface area (Å²) in [5, 5.41) is 6.69. The van der Waals surface area contributed by atoms with Crippen molar-refractivity contribution in [3.8, 4) is 11.1 Å². The summed E-state index contributed by atoms with van der Waals surface area (Å²) in [7, 11) is 0. The molecule has 0 aliphatic carbocycles. The molecule has 44 heavy (non-hydrogen) atoms. The number of nitrogens with one attached hydrogen (secondary N) is 2. The molecule has 4 amide bonds. The summed E-state index contributed by atoms with van der Waals surface area (Å²) >= 11 is 7.71. The van der Waals surface area contributed by atoms with E-state index in [2.05, 4.69) is 10.6 Å². The number of benzene rings is 1. The SMILES string of the molecule is C[C@H](NC(=O)CCN1C(=O)/C(=C/c2cc(-c3ccc(F)c(F)c3)cs2)SC1=S)C(=O)N[C@@H](CCC(=O)OC(C)(C)C)C(N)=O. The van der Waals surface area contributed by atoms with E-state index >= 15 is 0 Å². The second-order valence-corrected chi connectivity index (χ2v) is 13.4. The highest BCUT2D eigenvalue weighted by Gasteiger charge is 2.32. The molecular formula is C29H32F2N4O6S3. The highest BCUT2D eigenvalue weighted by molar-refractivity contribution is 8.26. The smallest absolute Gasteiger partial charge is 0.306 e. The van der Waals surface area contributed by atoms with Gasteiger partial charge in [-0.25, -0.2) is 8.78 Å². The molecular weight excluding hydrogens is 635 g/mol. The van der Waals surface area contributed by atoms with E-state index in [1.807, 2.05) is 0 Å². The third-order valence-electron chi connectivity index (χ3n) is 6.07. The molecule has 2 aromatic rings. The average molecular weight is 667 g/mol. The highest BCUT2D eigenvalue weighted by Crippen LogP contribution is 2.35. The van der Waals surface area contributed by atoms with Crippen LogP contribution in [0.4, 0.5) is 8.78 Å². The van der Waals surface area contributed by atoms with Crippen LogP contribution in [0.2, 0.25) is 0 Å². The number of primary amides is 1. The number of thioether (sulfide) groups is 1. The first kappa shape index (κ1) is 34.8. The van der Waals surface area contributed by atoms with Gasteiger partial charge in [0.2, 0.25) is 17.7 Å². The maximum absolute atomic E-state index is 13.6. The number of nitrogens with zero attached hydrogens (tertiary/aromatic N) is 1. The Morgan fingerprint density at radius 1 is 1.09 bits per heavy atom. The Bertz CT molecular complexity index is 1500. The number of amides is 4. The third-order valence-corrected chi connectivity index (χ3v) is 8.33. The zero-order valence-corrected chi connectivity index (χ0v) is 26.9. The fraction of sp³-hybridized carbons (Fsp3) is 0.379. The van der Waals surface area contributed by atoms with E-state index in [4.69, 9.17) is 22.7 Å². The first-order chi connectivity index (χ1) is 20.5. The molecule has 3 rings (SSSR count). The van der Waals surface area contributed by atoms with Crippen molar-refractivity contribution in [3.63, 3.8) is 0 Å². The summed E-state index contributed by atoms with van der Waals surface area (Å²) in [6.07, 6.45) is 1.26. The van der Waals surface area contributed by atoms with E-state index in [0.29, 0.717) is 20.9 Å². The van der Waals surface area contributed by atoms with Crippen molar-refractivity contribution in [3.05, 3.63) is 51.1 Å². The standard InChI is InChI=1S/C29H32F2N4O6S3/c1-15(26(39)34-21(25(32)38)7-8-24(37)41-29(2,3)4)33-23(36)9-10-35-27(40)22(44-28(35)42)13-18-11-17(14-43-18)16-5-6-19(30)20(31)12-16/h5-6,11-15,21H,7-10H2,1-4H3,(H2,32,38)(H,33,36)(H,34,39)/b22-13-/t15-,21-/m0/s1. The molecule has 0 unspecified atom stereocenters. The molecule has 0 radical (unpaired) electrons. The number of thiocarbonyl (C=S) groups is 1. The Labute approximate surface area is 266 Å². The first-order valence-electron chi connectivity index (χ1n) is 13.4. The molecule has 2 heterocycles. The summed E-state index contributed by atoms with van der Waals surface area (Å²) in [5.41, 5.74) is 5.82. The van der Waals surface area contributed by atoms with Crippen molar-refractivity contribution in [2.24, 2.45) is 5.73 Å². The molecule has 0 spiro atoms. The van der Waals surface area contributed by atoms with E-state index in [1.165, 1.54) is 29.2 Å². The van der Waals surface area contributed by atoms with Crippen molar-refractivity contribution in [2.75, 3.05) is 6.54 Å². The summed E-state index contributed by atoms with van der Waals surface area (Å²) in [6, 6.07) is 3.15. The number of carbonyl (C=O) groups excluding carboxylic acids is 5. The summed E-state index contributed by atoms with van der Waals surface area (Å²) in [4.78, 5) is 64.2. The lowest BCUT2D eigenvalue weighted by Crippen LogP contribution is -2.52. The summed E-state index contributed by atoms with van der Waals surface area (Å²) < 4.78 is 32.3. The molecule has 0 bridgehead atoms. The Kier molecular flexibility index (Phi) is 11.8. The van der Waals surface area contributed by atoms with Crippen LogP contribution < -0.4 is 16.4 Å². The van der Waals surface area contributed by atoms with Crippen molar-refractivity contribution < 1.29 is 37.5 Å². The van der Waals surface area contributed by atoms with Gasteiger partial charge in [0.1, 0.15) is 22.0 Å².